The molecule has 1 aliphatic rings. The molecule has 2 rings (SSSR count). The molecule has 0 saturated carbocycles. The largest absolute Gasteiger partial charge is 0.347 e. The molecule has 0 bridgehead atoms. The predicted molar refractivity (Wildman–Crippen MR) is 51.7 cm³/mol. The van der Waals surface area contributed by atoms with Gasteiger partial charge in [-0.2, -0.15) is 5.21 Å². The SMILES string of the molecule is O=C(NCc1nn[nH]n1)C1CCCCN1. The van der Waals surface area contributed by atoms with E-state index in [4.69, 9.17) is 0 Å². The van der Waals surface area contributed by atoms with Gasteiger partial charge in [0.1, 0.15) is 0 Å². The van der Waals surface area contributed by atoms with Gasteiger partial charge in [0, 0.05) is 0 Å². The lowest BCUT2D eigenvalue weighted by molar-refractivity contribution is -0.123. The zero-order chi connectivity index (χ0) is 10.5. The third-order valence-corrected chi connectivity index (χ3v) is 2.44. The quantitative estimate of drug-likeness (QED) is 0.592. The van der Waals surface area contributed by atoms with Gasteiger partial charge in [-0.25, -0.2) is 0 Å². The fourth-order valence-electron chi connectivity index (χ4n) is 1.62. The topological polar surface area (TPSA) is 95.6 Å². The van der Waals surface area contributed by atoms with Gasteiger partial charge in [-0.05, 0) is 19.4 Å². The van der Waals surface area contributed by atoms with Crippen LogP contribution in [-0.4, -0.2) is 39.1 Å². The third-order valence-electron chi connectivity index (χ3n) is 2.44. The Morgan fingerprint density at radius 2 is 2.47 bits per heavy atom. The van der Waals surface area contributed by atoms with E-state index in [2.05, 4.69) is 31.3 Å². The lowest BCUT2D eigenvalue weighted by Crippen LogP contribution is -2.46. The first-order chi connectivity index (χ1) is 7.36. The van der Waals surface area contributed by atoms with Crippen LogP contribution in [0.5, 0.6) is 0 Å². The highest BCUT2D eigenvalue weighted by Gasteiger charge is 2.20. The minimum atomic E-state index is -0.0642. The molecule has 1 fully saturated rings. The highest BCUT2D eigenvalue weighted by molar-refractivity contribution is 5.81. The number of amides is 1. The van der Waals surface area contributed by atoms with Crippen LogP contribution in [-0.2, 0) is 11.3 Å². The molecule has 0 aliphatic carbocycles. The number of nitrogens with zero attached hydrogens (tertiary/aromatic N) is 3. The van der Waals surface area contributed by atoms with Gasteiger partial charge >= 0.3 is 0 Å². The third kappa shape index (κ3) is 2.72. The maximum absolute atomic E-state index is 11.6. The number of carbonyl (C=O) groups is 1. The second-order valence-corrected chi connectivity index (χ2v) is 3.55. The maximum Gasteiger partial charge on any atom is 0.237 e. The molecule has 82 valence electrons. The van der Waals surface area contributed by atoms with Crippen LogP contribution in [0.4, 0.5) is 0 Å². The number of hydrogen-bond acceptors (Lipinski definition) is 5. The Kier molecular flexibility index (Phi) is 3.23. The number of tetrazole rings is 1. The summed E-state index contributed by atoms with van der Waals surface area (Å²) in [6.45, 7) is 1.24. The molecule has 1 saturated heterocycles. The molecule has 1 unspecified atom stereocenters. The first kappa shape index (κ1) is 10.0. The molecule has 1 aliphatic heterocycles. The van der Waals surface area contributed by atoms with Crippen molar-refractivity contribution in [2.45, 2.75) is 31.8 Å². The molecule has 3 N–H and O–H groups in total. The van der Waals surface area contributed by atoms with Crippen LogP contribution in [0.15, 0.2) is 0 Å². The van der Waals surface area contributed by atoms with Crippen molar-refractivity contribution in [3.05, 3.63) is 5.82 Å². The summed E-state index contributed by atoms with van der Waals surface area (Å²) in [5.74, 6) is 0.513. The zero-order valence-corrected chi connectivity index (χ0v) is 8.36. The molecule has 0 aromatic carbocycles. The molecule has 0 spiro atoms. The molecule has 1 aromatic rings. The Morgan fingerprint density at radius 3 is 3.13 bits per heavy atom. The summed E-state index contributed by atoms with van der Waals surface area (Å²) < 4.78 is 0. The van der Waals surface area contributed by atoms with Gasteiger partial charge in [-0.15, -0.1) is 10.2 Å². The Balaban J connectivity index is 1.76. The summed E-state index contributed by atoms with van der Waals surface area (Å²) in [6, 6.07) is -0.0642. The number of aromatic amines is 1. The van der Waals surface area contributed by atoms with E-state index in [1.165, 1.54) is 0 Å². The van der Waals surface area contributed by atoms with Crippen LogP contribution in [0.1, 0.15) is 25.1 Å². The number of H-pyrrole nitrogens is 1. The Morgan fingerprint density at radius 1 is 1.53 bits per heavy atom. The fraction of sp³-hybridized carbons (Fsp3) is 0.750. The van der Waals surface area contributed by atoms with Crippen molar-refractivity contribution in [3.8, 4) is 0 Å². The van der Waals surface area contributed by atoms with E-state index in [1.807, 2.05) is 0 Å². The summed E-state index contributed by atoms with van der Waals surface area (Å²) in [5, 5.41) is 19.2. The number of rotatable bonds is 3. The van der Waals surface area contributed by atoms with Crippen molar-refractivity contribution < 1.29 is 4.79 Å². The van der Waals surface area contributed by atoms with Gasteiger partial charge in [0.25, 0.3) is 0 Å². The minimum Gasteiger partial charge on any atom is -0.347 e. The second-order valence-electron chi connectivity index (χ2n) is 3.55. The molecule has 0 radical (unpaired) electrons. The molecule has 1 amide bonds. The number of hydrogen-bond donors (Lipinski definition) is 3. The number of carbonyl (C=O) groups excluding carboxylic acids is 1. The predicted octanol–water partition coefficient (Wildman–Crippen LogP) is -1.04. The smallest absolute Gasteiger partial charge is 0.237 e. The molecular weight excluding hydrogens is 196 g/mol. The summed E-state index contributed by atoms with van der Waals surface area (Å²) in [4.78, 5) is 11.6. The van der Waals surface area contributed by atoms with Crippen LogP contribution >= 0.6 is 0 Å². The minimum absolute atomic E-state index is 0.0134. The van der Waals surface area contributed by atoms with Crippen molar-refractivity contribution in [1.29, 1.82) is 0 Å². The number of piperidine rings is 1. The lowest BCUT2D eigenvalue weighted by Gasteiger charge is -2.22. The van der Waals surface area contributed by atoms with Crippen molar-refractivity contribution >= 4 is 5.91 Å². The van der Waals surface area contributed by atoms with Crippen LogP contribution in [0.2, 0.25) is 0 Å². The molecule has 7 heteroatoms. The monoisotopic (exact) mass is 210 g/mol. The first-order valence-corrected chi connectivity index (χ1v) is 5.09. The van der Waals surface area contributed by atoms with E-state index in [1.54, 1.807) is 0 Å². The molecule has 1 atom stereocenters. The second kappa shape index (κ2) is 4.83. The zero-order valence-electron chi connectivity index (χ0n) is 8.36. The van der Waals surface area contributed by atoms with Gasteiger partial charge in [0.15, 0.2) is 5.82 Å². The van der Waals surface area contributed by atoms with Gasteiger partial charge in [-0.1, -0.05) is 11.6 Å². The number of nitrogens with one attached hydrogen (secondary N) is 3. The molecule has 15 heavy (non-hydrogen) atoms. The van der Waals surface area contributed by atoms with E-state index < -0.39 is 0 Å². The van der Waals surface area contributed by atoms with E-state index in [-0.39, 0.29) is 11.9 Å². The van der Waals surface area contributed by atoms with E-state index >= 15 is 0 Å². The first-order valence-electron chi connectivity index (χ1n) is 5.09. The highest BCUT2D eigenvalue weighted by Crippen LogP contribution is 2.06. The van der Waals surface area contributed by atoms with E-state index in [9.17, 15) is 4.79 Å². The summed E-state index contributed by atoms with van der Waals surface area (Å²) >= 11 is 0. The Bertz CT molecular complexity index is 305. The van der Waals surface area contributed by atoms with Crippen LogP contribution in [0.3, 0.4) is 0 Å². The molecule has 7 nitrogen and oxygen atoms in total. The Labute approximate surface area is 87.0 Å². The van der Waals surface area contributed by atoms with Gasteiger partial charge in [0.2, 0.25) is 5.91 Å². The van der Waals surface area contributed by atoms with E-state index in [0.29, 0.717) is 12.4 Å². The molecule has 2 heterocycles. The normalized spacial score (nSPS) is 21.2. The van der Waals surface area contributed by atoms with Gasteiger partial charge in [0.05, 0.1) is 12.6 Å². The highest BCUT2D eigenvalue weighted by atomic mass is 16.2. The average Bonchev–Trinajstić information content (AvgIpc) is 2.80. The summed E-state index contributed by atoms with van der Waals surface area (Å²) in [6.07, 6.45) is 3.15. The van der Waals surface area contributed by atoms with Crippen LogP contribution in [0.25, 0.3) is 0 Å². The summed E-state index contributed by atoms with van der Waals surface area (Å²) in [5.41, 5.74) is 0. The van der Waals surface area contributed by atoms with Crippen molar-refractivity contribution in [2.24, 2.45) is 0 Å². The Hall–Kier alpha value is -1.50. The fourth-order valence-corrected chi connectivity index (χ4v) is 1.62. The van der Waals surface area contributed by atoms with Crippen LogP contribution in [0, 0.1) is 0 Å². The van der Waals surface area contributed by atoms with Crippen molar-refractivity contribution in [1.82, 2.24) is 31.3 Å². The molecular formula is C8H14N6O. The average molecular weight is 210 g/mol. The lowest BCUT2D eigenvalue weighted by atomic mass is 10.0. The van der Waals surface area contributed by atoms with Crippen molar-refractivity contribution in [3.63, 3.8) is 0 Å². The van der Waals surface area contributed by atoms with E-state index in [0.717, 1.165) is 25.8 Å². The molecule has 1 aromatic heterocycles. The standard InChI is InChI=1S/C8H14N6O/c15-8(6-3-1-2-4-9-6)10-5-7-11-13-14-12-7/h6,9H,1-5H2,(H,10,15)(H,11,12,13,14). The number of aromatic nitrogens is 4. The summed E-state index contributed by atoms with van der Waals surface area (Å²) in [7, 11) is 0. The van der Waals surface area contributed by atoms with Crippen molar-refractivity contribution in [2.75, 3.05) is 6.54 Å². The van der Waals surface area contributed by atoms with Gasteiger partial charge < -0.3 is 10.6 Å². The van der Waals surface area contributed by atoms with Gasteiger partial charge in [-0.3, -0.25) is 4.79 Å². The van der Waals surface area contributed by atoms with Crippen LogP contribution < -0.4 is 10.6 Å². The maximum atomic E-state index is 11.6.